The second kappa shape index (κ2) is 3.14. The Morgan fingerprint density at radius 3 is 3.10 bits per heavy atom. The van der Waals surface area contributed by atoms with Gasteiger partial charge >= 0.3 is 0 Å². The Morgan fingerprint density at radius 2 is 2.60 bits per heavy atom. The van der Waals surface area contributed by atoms with Gasteiger partial charge in [0.2, 0.25) is 0 Å². The number of hydrogen-bond acceptors (Lipinski definition) is 3. The lowest BCUT2D eigenvalue weighted by molar-refractivity contribution is -0.103. The van der Waals surface area contributed by atoms with Crippen LogP contribution >= 0.6 is 11.3 Å². The molecular formula is C7H5NOS. The number of aromatic nitrogens is 1. The van der Waals surface area contributed by atoms with E-state index in [0.717, 1.165) is 4.88 Å². The number of aldehydes is 1. The van der Waals surface area contributed by atoms with Crippen LogP contribution < -0.4 is 0 Å². The van der Waals surface area contributed by atoms with Crippen LogP contribution in [-0.2, 0) is 4.79 Å². The summed E-state index contributed by atoms with van der Waals surface area (Å²) in [6.45, 7) is 1.95. The van der Waals surface area contributed by atoms with Crippen molar-refractivity contribution in [2.24, 2.45) is 0 Å². The summed E-state index contributed by atoms with van der Waals surface area (Å²) in [4.78, 5) is 14.8. The minimum Gasteiger partial charge on any atom is -0.289 e. The largest absolute Gasteiger partial charge is 0.289 e. The topological polar surface area (TPSA) is 30.0 Å². The molecule has 10 heavy (non-hydrogen) atoms. The fourth-order valence-corrected chi connectivity index (χ4v) is 1.13. The summed E-state index contributed by atoms with van der Waals surface area (Å²) >= 11 is 1.48. The molecule has 0 fully saturated rings. The smallest absolute Gasteiger partial charge is 0.193 e. The zero-order valence-electron chi connectivity index (χ0n) is 5.42. The molecular weight excluding hydrogens is 146 g/mol. The highest BCUT2D eigenvalue weighted by molar-refractivity contribution is 7.12. The number of hydrogen-bond donors (Lipinski definition) is 0. The summed E-state index contributed by atoms with van der Waals surface area (Å²) in [5, 5.41) is 0.699. The molecule has 0 saturated carbocycles. The Labute approximate surface area is 62.9 Å². The molecule has 1 heterocycles. The summed E-state index contributed by atoms with van der Waals surface area (Å²) in [6, 6.07) is 0. The molecule has 0 amide bonds. The molecule has 0 aromatic carbocycles. The van der Waals surface area contributed by atoms with Crippen LogP contribution in [0.15, 0.2) is 6.20 Å². The lowest BCUT2D eigenvalue weighted by Crippen LogP contribution is -1.67. The standard InChI is InChI=1S/C7H5NOS/c1-6-5-8-7(10-6)3-2-4-9/h4-5H,1H3. The minimum atomic E-state index is 0.566. The van der Waals surface area contributed by atoms with Gasteiger partial charge in [-0.05, 0) is 18.8 Å². The molecule has 1 aromatic heterocycles. The monoisotopic (exact) mass is 151 g/mol. The summed E-state index contributed by atoms with van der Waals surface area (Å²) in [7, 11) is 0. The van der Waals surface area contributed by atoms with Gasteiger partial charge in [-0.25, -0.2) is 4.98 Å². The van der Waals surface area contributed by atoms with Gasteiger partial charge in [0, 0.05) is 11.1 Å². The Morgan fingerprint density at radius 1 is 1.80 bits per heavy atom. The second-order valence-corrected chi connectivity index (χ2v) is 2.90. The average Bonchev–Trinajstić information content (AvgIpc) is 2.31. The van der Waals surface area contributed by atoms with Crippen LogP contribution in [0.2, 0.25) is 0 Å². The SMILES string of the molecule is Cc1cnc(C#CC=O)s1. The first-order valence-corrected chi connectivity index (χ1v) is 3.52. The predicted molar refractivity (Wildman–Crippen MR) is 39.8 cm³/mol. The molecule has 1 rings (SSSR count). The molecule has 0 atom stereocenters. The number of rotatable bonds is 0. The third-order valence-electron chi connectivity index (χ3n) is 0.859. The van der Waals surface area contributed by atoms with E-state index in [1.807, 2.05) is 6.92 Å². The van der Waals surface area contributed by atoms with Gasteiger partial charge in [-0.2, -0.15) is 0 Å². The number of aryl methyl sites for hydroxylation is 1. The van der Waals surface area contributed by atoms with E-state index in [1.54, 1.807) is 6.20 Å². The Bertz CT molecular complexity index is 292. The first-order valence-electron chi connectivity index (χ1n) is 2.70. The molecule has 2 nitrogen and oxygen atoms in total. The van der Waals surface area contributed by atoms with E-state index >= 15 is 0 Å². The van der Waals surface area contributed by atoms with Crippen molar-refractivity contribution in [3.05, 3.63) is 16.1 Å². The maximum Gasteiger partial charge on any atom is 0.193 e. The van der Waals surface area contributed by atoms with Crippen molar-refractivity contribution in [2.75, 3.05) is 0 Å². The maximum absolute atomic E-state index is 9.79. The normalized spacial score (nSPS) is 8.10. The summed E-state index contributed by atoms with van der Waals surface area (Å²) in [6.07, 6.45) is 2.30. The van der Waals surface area contributed by atoms with E-state index in [-0.39, 0.29) is 0 Å². The van der Waals surface area contributed by atoms with Gasteiger partial charge in [0.1, 0.15) is 0 Å². The third-order valence-corrected chi connectivity index (χ3v) is 1.69. The van der Waals surface area contributed by atoms with E-state index in [2.05, 4.69) is 16.8 Å². The van der Waals surface area contributed by atoms with Crippen LogP contribution in [0.5, 0.6) is 0 Å². The van der Waals surface area contributed by atoms with Crippen LogP contribution in [-0.4, -0.2) is 11.3 Å². The van der Waals surface area contributed by atoms with Gasteiger partial charge in [-0.1, -0.05) is 0 Å². The van der Waals surface area contributed by atoms with Crippen molar-refractivity contribution < 1.29 is 4.79 Å². The third kappa shape index (κ3) is 1.67. The van der Waals surface area contributed by atoms with Crippen LogP contribution in [0, 0.1) is 18.8 Å². The second-order valence-electron chi connectivity index (χ2n) is 1.66. The highest BCUT2D eigenvalue weighted by atomic mass is 32.1. The van der Waals surface area contributed by atoms with Gasteiger partial charge in [0.05, 0.1) is 0 Å². The molecule has 1 aromatic rings. The quantitative estimate of drug-likeness (QED) is 0.409. The van der Waals surface area contributed by atoms with Crippen LogP contribution in [0.3, 0.4) is 0 Å². The Hall–Kier alpha value is -1.14. The molecule has 3 heteroatoms. The van der Waals surface area contributed by atoms with Gasteiger partial charge in [0.25, 0.3) is 0 Å². The van der Waals surface area contributed by atoms with E-state index in [1.165, 1.54) is 11.3 Å². The molecule has 50 valence electrons. The minimum absolute atomic E-state index is 0.566. The van der Waals surface area contributed by atoms with E-state index in [0.29, 0.717) is 11.3 Å². The Kier molecular flexibility index (Phi) is 2.19. The van der Waals surface area contributed by atoms with E-state index in [4.69, 9.17) is 0 Å². The first kappa shape index (κ1) is 6.97. The zero-order chi connectivity index (χ0) is 7.40. The van der Waals surface area contributed by atoms with Crippen LogP contribution in [0.25, 0.3) is 0 Å². The molecule has 0 bridgehead atoms. The number of carbonyl (C=O) groups is 1. The van der Waals surface area contributed by atoms with E-state index in [9.17, 15) is 4.79 Å². The van der Waals surface area contributed by atoms with Gasteiger partial charge in [-0.15, -0.1) is 11.3 Å². The maximum atomic E-state index is 9.79. The van der Waals surface area contributed by atoms with Crippen molar-refractivity contribution in [3.63, 3.8) is 0 Å². The van der Waals surface area contributed by atoms with Gasteiger partial charge in [0.15, 0.2) is 11.3 Å². The highest BCUT2D eigenvalue weighted by Crippen LogP contribution is 2.08. The van der Waals surface area contributed by atoms with Crippen LogP contribution in [0.4, 0.5) is 0 Å². The molecule has 0 N–H and O–H groups in total. The molecule has 0 aliphatic carbocycles. The molecule has 0 radical (unpaired) electrons. The van der Waals surface area contributed by atoms with Crippen molar-refractivity contribution in [1.82, 2.24) is 4.98 Å². The average molecular weight is 151 g/mol. The zero-order valence-corrected chi connectivity index (χ0v) is 6.23. The van der Waals surface area contributed by atoms with E-state index < -0.39 is 0 Å². The van der Waals surface area contributed by atoms with Gasteiger partial charge < -0.3 is 0 Å². The summed E-state index contributed by atoms with van der Waals surface area (Å²) in [5.74, 6) is 4.90. The Balaban J connectivity index is 2.85. The number of nitrogens with zero attached hydrogens (tertiary/aromatic N) is 1. The molecule has 0 unspecified atom stereocenters. The molecule has 0 saturated heterocycles. The molecule has 0 aliphatic heterocycles. The first-order chi connectivity index (χ1) is 4.83. The fraction of sp³-hybridized carbons (Fsp3) is 0.143. The summed E-state index contributed by atoms with van der Waals surface area (Å²) < 4.78 is 0. The van der Waals surface area contributed by atoms with Gasteiger partial charge in [-0.3, -0.25) is 4.79 Å². The highest BCUT2D eigenvalue weighted by Gasteiger charge is 1.90. The molecule has 0 spiro atoms. The number of thiazole rings is 1. The fourth-order valence-electron chi connectivity index (χ4n) is 0.504. The van der Waals surface area contributed by atoms with Crippen molar-refractivity contribution >= 4 is 17.6 Å². The number of carbonyl (C=O) groups excluding carboxylic acids is 1. The van der Waals surface area contributed by atoms with Crippen molar-refractivity contribution in [3.8, 4) is 11.8 Å². The molecule has 0 aliphatic rings. The summed E-state index contributed by atoms with van der Waals surface area (Å²) in [5.41, 5.74) is 0. The van der Waals surface area contributed by atoms with Crippen molar-refractivity contribution in [2.45, 2.75) is 6.92 Å². The van der Waals surface area contributed by atoms with Crippen molar-refractivity contribution in [1.29, 1.82) is 0 Å². The lowest BCUT2D eigenvalue weighted by Gasteiger charge is -1.70. The predicted octanol–water partition coefficient (Wildman–Crippen LogP) is 1.00. The lowest BCUT2D eigenvalue weighted by atomic mass is 10.6. The van der Waals surface area contributed by atoms with Crippen LogP contribution in [0.1, 0.15) is 9.88 Å².